The van der Waals surface area contributed by atoms with Crippen molar-refractivity contribution in [1.29, 1.82) is 0 Å². The maximum atomic E-state index is 12.7. The van der Waals surface area contributed by atoms with Crippen LogP contribution >= 0.6 is 11.8 Å². The smallest absolute Gasteiger partial charge is 0.419 e. The topological polar surface area (TPSA) is 26.3 Å². The summed E-state index contributed by atoms with van der Waals surface area (Å²) in [6.45, 7) is 0.227. The van der Waals surface area contributed by atoms with Crippen LogP contribution in [0.5, 0.6) is 5.75 Å². The molecule has 0 bridgehead atoms. The van der Waals surface area contributed by atoms with E-state index in [0.717, 1.165) is 11.8 Å². The van der Waals surface area contributed by atoms with Crippen molar-refractivity contribution in [3.63, 3.8) is 0 Å². The van der Waals surface area contributed by atoms with Gasteiger partial charge in [0.1, 0.15) is 12.0 Å². The zero-order valence-corrected chi connectivity index (χ0v) is 10.6. The Balaban J connectivity index is 2.86. The van der Waals surface area contributed by atoms with Gasteiger partial charge >= 0.3 is 6.18 Å². The van der Waals surface area contributed by atoms with Gasteiger partial charge in [-0.2, -0.15) is 24.9 Å². The molecule has 2 nitrogen and oxygen atoms in total. The van der Waals surface area contributed by atoms with Gasteiger partial charge in [0.25, 0.3) is 0 Å². The van der Waals surface area contributed by atoms with E-state index in [0.29, 0.717) is 12.7 Å². The zero-order valence-electron chi connectivity index (χ0n) is 9.79. The molecule has 0 aliphatic heterocycles. The fraction of sp³-hybridized carbons (Fsp3) is 0.417. The Kier molecular flexibility index (Phi) is 5.53. The van der Waals surface area contributed by atoms with E-state index in [2.05, 4.69) is 0 Å². The first-order valence-corrected chi connectivity index (χ1v) is 6.66. The van der Waals surface area contributed by atoms with Crippen LogP contribution in [0.15, 0.2) is 18.2 Å². The third-order valence-corrected chi connectivity index (χ3v) is 2.89. The number of hydrogen-bond acceptors (Lipinski definition) is 3. The summed E-state index contributed by atoms with van der Waals surface area (Å²) in [5.74, 6) is 0.600. The highest BCUT2D eigenvalue weighted by Gasteiger charge is 2.34. The third-order valence-electron chi connectivity index (χ3n) is 2.20. The molecule has 0 spiro atoms. The maximum Gasteiger partial charge on any atom is 0.419 e. The van der Waals surface area contributed by atoms with E-state index in [9.17, 15) is 18.0 Å². The van der Waals surface area contributed by atoms with Crippen LogP contribution < -0.4 is 4.74 Å². The number of hydrogen-bond donors (Lipinski definition) is 0. The molecule has 0 radical (unpaired) electrons. The molecular weight excluding hydrogens is 265 g/mol. The minimum absolute atomic E-state index is 0.0150. The Labute approximate surface area is 108 Å². The molecule has 0 unspecified atom stereocenters. The van der Waals surface area contributed by atoms with Gasteiger partial charge in [-0.25, -0.2) is 0 Å². The first-order valence-electron chi connectivity index (χ1n) is 5.27. The number of benzene rings is 1. The van der Waals surface area contributed by atoms with Gasteiger partial charge in [0.2, 0.25) is 0 Å². The highest BCUT2D eigenvalue weighted by molar-refractivity contribution is 7.98. The minimum Gasteiger partial charge on any atom is -0.493 e. The predicted octanol–water partition coefficient (Wildman–Crippen LogP) is 3.65. The summed E-state index contributed by atoms with van der Waals surface area (Å²) in [5, 5.41) is 0. The highest BCUT2D eigenvalue weighted by atomic mass is 32.2. The number of carbonyl (C=O) groups excluding carboxylic acids is 1. The molecule has 1 aromatic carbocycles. The molecule has 0 saturated carbocycles. The van der Waals surface area contributed by atoms with Gasteiger partial charge in [-0.3, -0.25) is 4.79 Å². The molecule has 0 aliphatic rings. The van der Waals surface area contributed by atoms with Gasteiger partial charge in [-0.1, -0.05) is 0 Å². The lowest BCUT2D eigenvalue weighted by Crippen LogP contribution is -2.10. The first-order chi connectivity index (χ1) is 8.49. The fourth-order valence-corrected chi connectivity index (χ4v) is 1.76. The summed E-state index contributed by atoms with van der Waals surface area (Å²) >= 11 is 1.60. The molecule has 0 fully saturated rings. The van der Waals surface area contributed by atoms with Crippen LogP contribution in [0, 0.1) is 0 Å². The molecule has 18 heavy (non-hydrogen) atoms. The van der Waals surface area contributed by atoms with Crippen molar-refractivity contribution in [3.8, 4) is 5.75 Å². The van der Waals surface area contributed by atoms with Gasteiger partial charge in [-0.05, 0) is 36.6 Å². The van der Waals surface area contributed by atoms with Crippen LogP contribution in [0.3, 0.4) is 0 Å². The number of alkyl halides is 3. The Morgan fingerprint density at radius 3 is 2.67 bits per heavy atom. The van der Waals surface area contributed by atoms with E-state index in [1.807, 2.05) is 6.26 Å². The normalized spacial score (nSPS) is 11.3. The van der Waals surface area contributed by atoms with Crippen LogP contribution in [0.1, 0.15) is 22.3 Å². The van der Waals surface area contributed by atoms with Crippen LogP contribution in [0.4, 0.5) is 13.2 Å². The average Bonchev–Trinajstić information content (AvgIpc) is 2.33. The molecule has 1 rings (SSSR count). The molecule has 0 atom stereocenters. The number of rotatable bonds is 6. The summed E-state index contributed by atoms with van der Waals surface area (Å²) in [6.07, 6.45) is -1.55. The van der Waals surface area contributed by atoms with Crippen molar-refractivity contribution in [3.05, 3.63) is 29.3 Å². The Morgan fingerprint density at radius 1 is 1.39 bits per heavy atom. The minimum atomic E-state index is -4.52. The van der Waals surface area contributed by atoms with Gasteiger partial charge in [-0.15, -0.1) is 0 Å². The molecule has 0 aromatic heterocycles. The summed E-state index contributed by atoms with van der Waals surface area (Å²) in [6, 6.07) is 3.30. The second kappa shape index (κ2) is 6.68. The van der Waals surface area contributed by atoms with E-state index in [4.69, 9.17) is 4.74 Å². The molecule has 1 aromatic rings. The predicted molar refractivity (Wildman–Crippen MR) is 65.3 cm³/mol. The number of thioether (sulfide) groups is 1. The van der Waals surface area contributed by atoms with Gasteiger partial charge in [0, 0.05) is 5.56 Å². The summed E-state index contributed by atoms with van der Waals surface area (Å²) in [5.41, 5.74) is -0.921. The van der Waals surface area contributed by atoms with E-state index in [1.165, 1.54) is 12.1 Å². The summed E-state index contributed by atoms with van der Waals surface area (Å²) in [4.78, 5) is 10.5. The Bertz CT molecular complexity index is 405. The van der Waals surface area contributed by atoms with Crippen LogP contribution in [-0.2, 0) is 6.18 Å². The van der Waals surface area contributed by atoms with Gasteiger partial charge < -0.3 is 4.74 Å². The van der Waals surface area contributed by atoms with Crippen molar-refractivity contribution in [2.45, 2.75) is 12.6 Å². The number of aldehydes is 1. The molecule has 0 saturated heterocycles. The van der Waals surface area contributed by atoms with Gasteiger partial charge in [0.15, 0.2) is 0 Å². The van der Waals surface area contributed by atoms with Crippen molar-refractivity contribution in [1.82, 2.24) is 0 Å². The lowest BCUT2D eigenvalue weighted by atomic mass is 10.1. The number of carbonyl (C=O) groups is 1. The van der Waals surface area contributed by atoms with E-state index >= 15 is 0 Å². The fourth-order valence-electron chi connectivity index (χ4n) is 1.35. The van der Waals surface area contributed by atoms with Crippen molar-refractivity contribution in [2.75, 3.05) is 18.6 Å². The third kappa shape index (κ3) is 4.25. The second-order valence-electron chi connectivity index (χ2n) is 3.57. The van der Waals surface area contributed by atoms with Gasteiger partial charge in [0.05, 0.1) is 12.2 Å². The second-order valence-corrected chi connectivity index (χ2v) is 4.55. The quantitative estimate of drug-likeness (QED) is 0.587. The maximum absolute atomic E-state index is 12.7. The molecule has 100 valence electrons. The standard InChI is InChI=1S/C12H13F3O2S/c1-18-6-2-5-17-11-4-3-9(8-16)7-10(11)12(13,14)15/h3-4,7-8H,2,5-6H2,1H3. The molecule has 0 N–H and O–H groups in total. The van der Waals surface area contributed by atoms with Crippen LogP contribution in [0.25, 0.3) is 0 Å². The summed E-state index contributed by atoms with van der Waals surface area (Å²) in [7, 11) is 0. The molecule has 6 heteroatoms. The molecule has 0 aliphatic carbocycles. The highest BCUT2D eigenvalue weighted by Crippen LogP contribution is 2.36. The average molecular weight is 278 g/mol. The Morgan fingerprint density at radius 2 is 2.11 bits per heavy atom. The van der Waals surface area contributed by atoms with E-state index in [1.54, 1.807) is 11.8 Å². The summed E-state index contributed by atoms with van der Waals surface area (Å²) < 4.78 is 43.3. The molecular formula is C12H13F3O2S. The van der Waals surface area contributed by atoms with Crippen LogP contribution in [-0.4, -0.2) is 24.9 Å². The lowest BCUT2D eigenvalue weighted by Gasteiger charge is -2.14. The van der Waals surface area contributed by atoms with E-state index < -0.39 is 11.7 Å². The van der Waals surface area contributed by atoms with Crippen LogP contribution in [0.2, 0.25) is 0 Å². The number of ether oxygens (including phenoxy) is 1. The molecule has 0 heterocycles. The number of halogens is 3. The van der Waals surface area contributed by atoms with Crippen molar-refractivity contribution in [2.24, 2.45) is 0 Å². The Hall–Kier alpha value is -1.17. The largest absolute Gasteiger partial charge is 0.493 e. The van der Waals surface area contributed by atoms with E-state index in [-0.39, 0.29) is 17.9 Å². The zero-order chi connectivity index (χ0) is 13.6. The lowest BCUT2D eigenvalue weighted by molar-refractivity contribution is -0.138. The van der Waals surface area contributed by atoms with Crippen molar-refractivity contribution < 1.29 is 22.7 Å². The molecule has 0 amide bonds. The monoisotopic (exact) mass is 278 g/mol. The first kappa shape index (κ1) is 14.9. The SMILES string of the molecule is CSCCCOc1ccc(C=O)cc1C(F)(F)F. The van der Waals surface area contributed by atoms with Crippen molar-refractivity contribution >= 4 is 18.0 Å².